The predicted octanol–water partition coefficient (Wildman–Crippen LogP) is 4.10. The van der Waals surface area contributed by atoms with Crippen molar-refractivity contribution in [3.05, 3.63) is 39.9 Å². The van der Waals surface area contributed by atoms with Crippen molar-refractivity contribution in [3.63, 3.8) is 0 Å². The lowest BCUT2D eigenvalue weighted by molar-refractivity contribution is -0.143. The van der Waals surface area contributed by atoms with Crippen LogP contribution in [-0.2, 0) is 4.79 Å². The highest BCUT2D eigenvalue weighted by Gasteiger charge is 2.34. The van der Waals surface area contributed by atoms with Crippen LogP contribution in [0.2, 0.25) is 5.02 Å². The second-order valence-electron chi connectivity index (χ2n) is 6.36. The number of hydrogen-bond acceptors (Lipinski definition) is 4. The first-order valence-corrected chi connectivity index (χ1v) is 9.33. The minimum atomic E-state index is -0.840. The number of aromatic nitrogens is 1. The molecule has 1 aliphatic rings. The molecule has 1 amide bonds. The lowest BCUT2D eigenvalue weighted by Crippen LogP contribution is -2.47. The molecule has 1 N–H and O–H groups in total. The Morgan fingerprint density at radius 2 is 1.96 bits per heavy atom. The normalized spacial score (nSPS) is 20.5. The third kappa shape index (κ3) is 3.70. The van der Waals surface area contributed by atoms with Crippen LogP contribution in [-0.4, -0.2) is 39.5 Å². The zero-order valence-corrected chi connectivity index (χ0v) is 15.6. The van der Waals surface area contributed by atoms with Gasteiger partial charge in [0, 0.05) is 23.2 Å². The van der Waals surface area contributed by atoms with Crippen molar-refractivity contribution < 1.29 is 14.7 Å². The van der Waals surface area contributed by atoms with Crippen molar-refractivity contribution in [1.29, 1.82) is 0 Å². The topological polar surface area (TPSA) is 70.5 Å². The van der Waals surface area contributed by atoms with Gasteiger partial charge in [0.25, 0.3) is 5.91 Å². The van der Waals surface area contributed by atoms with Gasteiger partial charge in [0.1, 0.15) is 9.88 Å². The monoisotopic (exact) mass is 378 g/mol. The number of thiazole rings is 1. The molecule has 0 bridgehead atoms. The number of rotatable bonds is 3. The van der Waals surface area contributed by atoms with E-state index in [1.165, 1.54) is 11.3 Å². The highest BCUT2D eigenvalue weighted by Crippen LogP contribution is 2.31. The van der Waals surface area contributed by atoms with E-state index in [-0.39, 0.29) is 18.5 Å². The highest BCUT2D eigenvalue weighted by atomic mass is 35.5. The number of aryl methyl sites for hydroxylation is 1. The summed E-state index contributed by atoms with van der Waals surface area (Å²) in [7, 11) is 0. The zero-order chi connectivity index (χ0) is 18.1. The van der Waals surface area contributed by atoms with E-state index >= 15 is 0 Å². The summed E-state index contributed by atoms with van der Waals surface area (Å²) in [6.07, 6.45) is 1.31. The average molecular weight is 379 g/mol. The molecule has 3 rings (SSSR count). The van der Waals surface area contributed by atoms with Gasteiger partial charge < -0.3 is 10.0 Å². The first-order chi connectivity index (χ1) is 11.9. The van der Waals surface area contributed by atoms with Crippen LogP contribution in [0.25, 0.3) is 10.6 Å². The lowest BCUT2D eigenvalue weighted by Gasteiger charge is -2.36. The maximum absolute atomic E-state index is 13.0. The van der Waals surface area contributed by atoms with Gasteiger partial charge in [-0.3, -0.25) is 9.59 Å². The van der Waals surface area contributed by atoms with Crippen LogP contribution in [0, 0.1) is 12.8 Å². The van der Waals surface area contributed by atoms with Crippen LogP contribution in [0.15, 0.2) is 24.3 Å². The molecular formula is C18H19ClN2O3S. The second kappa shape index (κ2) is 7.14. The maximum atomic E-state index is 13.0. The Kier molecular flexibility index (Phi) is 5.11. The van der Waals surface area contributed by atoms with E-state index in [0.717, 1.165) is 10.6 Å². The summed E-state index contributed by atoms with van der Waals surface area (Å²) in [5.41, 5.74) is 1.58. The predicted molar refractivity (Wildman–Crippen MR) is 98.2 cm³/mol. The molecule has 0 saturated carbocycles. The highest BCUT2D eigenvalue weighted by molar-refractivity contribution is 7.17. The van der Waals surface area contributed by atoms with Crippen molar-refractivity contribution in [1.82, 2.24) is 9.88 Å². The van der Waals surface area contributed by atoms with Gasteiger partial charge in [0.2, 0.25) is 0 Å². The van der Waals surface area contributed by atoms with Crippen LogP contribution in [0.4, 0.5) is 0 Å². The fourth-order valence-electron chi connectivity index (χ4n) is 3.03. The van der Waals surface area contributed by atoms with Gasteiger partial charge in [-0.25, -0.2) is 4.98 Å². The first-order valence-electron chi connectivity index (χ1n) is 8.14. The van der Waals surface area contributed by atoms with Crippen molar-refractivity contribution >= 4 is 34.8 Å². The molecule has 1 aromatic heterocycles. The number of carbonyl (C=O) groups excluding carboxylic acids is 1. The fraction of sp³-hybridized carbons (Fsp3) is 0.389. The van der Waals surface area contributed by atoms with Crippen molar-refractivity contribution in [2.75, 3.05) is 6.54 Å². The molecule has 1 aliphatic heterocycles. The summed E-state index contributed by atoms with van der Waals surface area (Å²) in [5.74, 6) is -1.47. The van der Waals surface area contributed by atoms with Gasteiger partial charge in [-0.1, -0.05) is 23.7 Å². The maximum Gasteiger partial charge on any atom is 0.308 e. The number of carbonyl (C=O) groups is 2. The van der Waals surface area contributed by atoms with E-state index in [2.05, 4.69) is 4.98 Å². The van der Waals surface area contributed by atoms with Crippen LogP contribution in [0.1, 0.15) is 35.1 Å². The third-order valence-electron chi connectivity index (χ3n) is 4.57. The van der Waals surface area contributed by atoms with Crippen LogP contribution in [0.5, 0.6) is 0 Å². The SMILES string of the molecule is Cc1nc(-c2ccc(Cl)cc2)sc1C(=O)N1CC(C(=O)O)CCC1C. The number of hydrogen-bond donors (Lipinski definition) is 1. The summed E-state index contributed by atoms with van der Waals surface area (Å²) in [4.78, 5) is 31.0. The van der Waals surface area contributed by atoms with E-state index < -0.39 is 11.9 Å². The molecule has 25 heavy (non-hydrogen) atoms. The van der Waals surface area contributed by atoms with Crippen molar-refractivity contribution in [2.24, 2.45) is 5.92 Å². The van der Waals surface area contributed by atoms with E-state index in [4.69, 9.17) is 11.6 Å². The van der Waals surface area contributed by atoms with E-state index in [0.29, 0.717) is 28.4 Å². The number of aliphatic carboxylic acids is 1. The number of nitrogens with zero attached hydrogens (tertiary/aromatic N) is 2. The largest absolute Gasteiger partial charge is 0.481 e. The Morgan fingerprint density at radius 3 is 2.60 bits per heavy atom. The van der Waals surface area contributed by atoms with E-state index in [9.17, 15) is 14.7 Å². The number of benzene rings is 1. The molecule has 1 aromatic carbocycles. The molecule has 1 fully saturated rings. The molecule has 5 nitrogen and oxygen atoms in total. The number of carboxylic acid groups (broad SMARTS) is 1. The molecule has 2 atom stereocenters. The summed E-state index contributed by atoms with van der Waals surface area (Å²) < 4.78 is 0. The molecule has 2 heterocycles. The molecule has 0 spiro atoms. The number of piperidine rings is 1. The Labute approximate surface area is 155 Å². The lowest BCUT2D eigenvalue weighted by atomic mass is 9.93. The van der Waals surface area contributed by atoms with Crippen LogP contribution in [0.3, 0.4) is 0 Å². The third-order valence-corrected chi connectivity index (χ3v) is 6.02. The molecule has 2 aromatic rings. The standard InChI is InChI=1S/C18H19ClN2O3S/c1-10-3-4-13(18(23)24)9-21(10)17(22)15-11(2)20-16(25-15)12-5-7-14(19)8-6-12/h5-8,10,13H,3-4,9H2,1-2H3,(H,23,24). The van der Waals surface area contributed by atoms with Gasteiger partial charge in [0.05, 0.1) is 11.6 Å². The average Bonchev–Trinajstić information content (AvgIpc) is 2.97. The Bertz CT molecular complexity index is 803. The fourth-order valence-corrected chi connectivity index (χ4v) is 4.19. The van der Waals surface area contributed by atoms with Crippen LogP contribution < -0.4 is 0 Å². The molecule has 0 aliphatic carbocycles. The second-order valence-corrected chi connectivity index (χ2v) is 7.79. The van der Waals surface area contributed by atoms with Crippen molar-refractivity contribution in [3.8, 4) is 10.6 Å². The zero-order valence-electron chi connectivity index (χ0n) is 14.0. The molecule has 0 radical (unpaired) electrons. The number of halogens is 1. The smallest absolute Gasteiger partial charge is 0.308 e. The van der Waals surface area contributed by atoms with E-state index in [1.807, 2.05) is 26.0 Å². The minimum absolute atomic E-state index is 0.0311. The van der Waals surface area contributed by atoms with Crippen LogP contribution >= 0.6 is 22.9 Å². The molecule has 132 valence electrons. The molecule has 2 unspecified atom stereocenters. The van der Waals surface area contributed by atoms with Gasteiger partial charge in [0.15, 0.2) is 0 Å². The van der Waals surface area contributed by atoms with Gasteiger partial charge in [-0.2, -0.15) is 0 Å². The Morgan fingerprint density at radius 1 is 1.28 bits per heavy atom. The minimum Gasteiger partial charge on any atom is -0.481 e. The first kappa shape index (κ1) is 17.9. The number of carboxylic acids is 1. The van der Waals surface area contributed by atoms with E-state index in [1.54, 1.807) is 17.0 Å². The molecule has 1 saturated heterocycles. The molecular weight excluding hydrogens is 360 g/mol. The Balaban J connectivity index is 1.87. The quantitative estimate of drug-likeness (QED) is 0.872. The summed E-state index contributed by atoms with van der Waals surface area (Å²) in [6, 6.07) is 7.36. The number of amides is 1. The Hall–Kier alpha value is -1.92. The number of likely N-dealkylation sites (tertiary alicyclic amines) is 1. The molecule has 7 heteroatoms. The van der Waals surface area contributed by atoms with Gasteiger partial charge in [-0.05, 0) is 38.8 Å². The summed E-state index contributed by atoms with van der Waals surface area (Å²) in [5, 5.41) is 10.7. The van der Waals surface area contributed by atoms with Gasteiger partial charge in [-0.15, -0.1) is 11.3 Å². The summed E-state index contributed by atoms with van der Waals surface area (Å²) in [6.45, 7) is 4.03. The summed E-state index contributed by atoms with van der Waals surface area (Å²) >= 11 is 7.26. The van der Waals surface area contributed by atoms with Crippen molar-refractivity contribution in [2.45, 2.75) is 32.7 Å². The van der Waals surface area contributed by atoms with Gasteiger partial charge >= 0.3 is 5.97 Å².